The first-order chi connectivity index (χ1) is 10.8. The molecule has 0 spiro atoms. The van der Waals surface area contributed by atoms with Crippen molar-refractivity contribution in [3.05, 3.63) is 23.5 Å². The molecule has 1 amide bonds. The maximum absolute atomic E-state index is 11.9. The standard InChI is InChI=1S/C17H26N4O2/c1-17(2,3)23-16(22)20-15(13-5-6-13)10-19-9-12-7-14(8-18)21(4)11-12/h7,11,13,15,19H,5-6,9-10H2,1-4H3,(H,20,22). The van der Waals surface area contributed by atoms with Crippen LogP contribution in [0.1, 0.15) is 44.9 Å². The highest BCUT2D eigenvalue weighted by molar-refractivity contribution is 5.68. The molecule has 1 aliphatic rings. The molecule has 23 heavy (non-hydrogen) atoms. The van der Waals surface area contributed by atoms with E-state index in [0.717, 1.165) is 18.4 Å². The van der Waals surface area contributed by atoms with Gasteiger partial charge in [-0.1, -0.05) is 0 Å². The number of alkyl carbamates (subject to hydrolysis) is 1. The topological polar surface area (TPSA) is 79.1 Å². The van der Waals surface area contributed by atoms with Crippen LogP contribution < -0.4 is 10.6 Å². The Labute approximate surface area is 137 Å². The molecule has 6 heteroatoms. The minimum atomic E-state index is -0.483. The van der Waals surface area contributed by atoms with Crippen molar-refractivity contribution >= 4 is 6.09 Å². The Balaban J connectivity index is 1.81. The van der Waals surface area contributed by atoms with Crippen LogP contribution >= 0.6 is 0 Å². The molecular weight excluding hydrogens is 292 g/mol. The Morgan fingerprint density at radius 1 is 1.52 bits per heavy atom. The van der Waals surface area contributed by atoms with Crippen molar-refractivity contribution in [1.82, 2.24) is 15.2 Å². The molecule has 1 aromatic heterocycles. The third-order valence-corrected chi connectivity index (χ3v) is 3.76. The number of aromatic nitrogens is 1. The van der Waals surface area contributed by atoms with Crippen LogP contribution in [0.4, 0.5) is 4.79 Å². The lowest BCUT2D eigenvalue weighted by molar-refractivity contribution is 0.0497. The Morgan fingerprint density at radius 2 is 2.22 bits per heavy atom. The van der Waals surface area contributed by atoms with Crippen molar-refractivity contribution in [3.63, 3.8) is 0 Å². The first-order valence-electron chi connectivity index (χ1n) is 8.04. The third-order valence-electron chi connectivity index (χ3n) is 3.76. The van der Waals surface area contributed by atoms with E-state index in [1.807, 2.05) is 44.6 Å². The van der Waals surface area contributed by atoms with Gasteiger partial charge in [-0.25, -0.2) is 4.79 Å². The quantitative estimate of drug-likeness (QED) is 0.843. The van der Waals surface area contributed by atoms with E-state index >= 15 is 0 Å². The summed E-state index contributed by atoms with van der Waals surface area (Å²) in [4.78, 5) is 11.9. The molecule has 0 radical (unpaired) electrons. The molecule has 1 saturated carbocycles. The zero-order valence-electron chi connectivity index (χ0n) is 14.3. The van der Waals surface area contributed by atoms with Crippen LogP contribution in [-0.4, -0.2) is 28.8 Å². The number of amides is 1. The average Bonchev–Trinajstić information content (AvgIpc) is 3.20. The summed E-state index contributed by atoms with van der Waals surface area (Å²) in [6, 6.07) is 4.11. The predicted octanol–water partition coefficient (Wildman–Crippen LogP) is 2.29. The smallest absolute Gasteiger partial charge is 0.407 e. The molecule has 2 rings (SSSR count). The molecule has 0 bridgehead atoms. The van der Waals surface area contributed by atoms with Gasteiger partial charge in [-0.05, 0) is 51.2 Å². The number of carbonyl (C=O) groups is 1. The normalized spacial score (nSPS) is 15.8. The molecule has 1 heterocycles. The van der Waals surface area contributed by atoms with E-state index in [9.17, 15) is 4.79 Å². The lowest BCUT2D eigenvalue weighted by atomic mass is 10.2. The molecule has 0 saturated heterocycles. The number of nitrogens with one attached hydrogen (secondary N) is 2. The van der Waals surface area contributed by atoms with Gasteiger partial charge >= 0.3 is 6.09 Å². The number of hydrogen-bond donors (Lipinski definition) is 2. The highest BCUT2D eigenvalue weighted by Gasteiger charge is 2.33. The van der Waals surface area contributed by atoms with E-state index in [1.165, 1.54) is 0 Å². The van der Waals surface area contributed by atoms with Gasteiger partial charge in [0.2, 0.25) is 0 Å². The lowest BCUT2D eigenvalue weighted by Crippen LogP contribution is -2.45. The summed E-state index contributed by atoms with van der Waals surface area (Å²) < 4.78 is 7.14. The SMILES string of the molecule is Cn1cc(CNCC(NC(=O)OC(C)(C)C)C2CC2)cc1C#N. The van der Waals surface area contributed by atoms with Gasteiger partial charge in [-0.15, -0.1) is 0 Å². The van der Waals surface area contributed by atoms with Crippen LogP contribution in [0, 0.1) is 17.2 Å². The molecule has 6 nitrogen and oxygen atoms in total. The van der Waals surface area contributed by atoms with Crippen LogP contribution in [0.25, 0.3) is 0 Å². The monoisotopic (exact) mass is 318 g/mol. The molecule has 1 atom stereocenters. The molecule has 0 aliphatic heterocycles. The average molecular weight is 318 g/mol. The van der Waals surface area contributed by atoms with E-state index in [2.05, 4.69) is 16.7 Å². The predicted molar refractivity (Wildman–Crippen MR) is 87.7 cm³/mol. The van der Waals surface area contributed by atoms with E-state index in [0.29, 0.717) is 24.7 Å². The second kappa shape index (κ2) is 7.05. The largest absolute Gasteiger partial charge is 0.444 e. The Morgan fingerprint density at radius 3 is 2.74 bits per heavy atom. The molecule has 1 aromatic rings. The summed E-state index contributed by atoms with van der Waals surface area (Å²) in [6.45, 7) is 6.95. The van der Waals surface area contributed by atoms with E-state index in [1.54, 1.807) is 0 Å². The highest BCUT2D eigenvalue weighted by Crippen LogP contribution is 2.32. The highest BCUT2D eigenvalue weighted by atomic mass is 16.6. The van der Waals surface area contributed by atoms with Crippen LogP contribution in [0.15, 0.2) is 12.3 Å². The van der Waals surface area contributed by atoms with Crippen molar-refractivity contribution in [2.45, 2.75) is 51.8 Å². The maximum atomic E-state index is 11.9. The van der Waals surface area contributed by atoms with Gasteiger partial charge in [-0.3, -0.25) is 0 Å². The van der Waals surface area contributed by atoms with Crippen LogP contribution in [-0.2, 0) is 18.3 Å². The molecule has 1 aliphatic carbocycles. The molecular formula is C17H26N4O2. The number of carbonyl (C=O) groups excluding carboxylic acids is 1. The number of nitriles is 1. The third kappa shape index (κ3) is 5.61. The fraction of sp³-hybridized carbons (Fsp3) is 0.647. The van der Waals surface area contributed by atoms with Crippen molar-refractivity contribution in [2.75, 3.05) is 6.54 Å². The molecule has 1 fully saturated rings. The zero-order valence-corrected chi connectivity index (χ0v) is 14.3. The Bertz CT molecular complexity index is 591. The number of ether oxygens (including phenoxy) is 1. The number of aryl methyl sites for hydroxylation is 1. The number of rotatable bonds is 6. The summed E-state index contributed by atoms with van der Waals surface area (Å²) >= 11 is 0. The van der Waals surface area contributed by atoms with Gasteiger partial charge in [-0.2, -0.15) is 5.26 Å². The first-order valence-corrected chi connectivity index (χ1v) is 8.04. The summed E-state index contributed by atoms with van der Waals surface area (Å²) in [5, 5.41) is 15.3. The van der Waals surface area contributed by atoms with Crippen LogP contribution in [0.2, 0.25) is 0 Å². The minimum Gasteiger partial charge on any atom is -0.444 e. The Hall–Kier alpha value is -2.00. The van der Waals surface area contributed by atoms with E-state index < -0.39 is 5.60 Å². The zero-order chi connectivity index (χ0) is 17.0. The number of hydrogen-bond acceptors (Lipinski definition) is 4. The van der Waals surface area contributed by atoms with Gasteiger partial charge in [0, 0.05) is 32.4 Å². The summed E-state index contributed by atoms with van der Waals surface area (Å²) in [7, 11) is 1.86. The van der Waals surface area contributed by atoms with E-state index in [4.69, 9.17) is 10.00 Å². The van der Waals surface area contributed by atoms with Gasteiger partial charge in [0.05, 0.1) is 0 Å². The molecule has 126 valence electrons. The van der Waals surface area contributed by atoms with Gasteiger partial charge in [0.15, 0.2) is 0 Å². The van der Waals surface area contributed by atoms with Gasteiger partial charge in [0.25, 0.3) is 0 Å². The fourth-order valence-electron chi connectivity index (χ4n) is 2.51. The second-order valence-corrected chi connectivity index (χ2v) is 7.18. The molecule has 2 N–H and O–H groups in total. The van der Waals surface area contributed by atoms with Crippen LogP contribution in [0.3, 0.4) is 0 Å². The summed E-state index contributed by atoms with van der Waals surface area (Å²) in [5.41, 5.74) is 1.23. The fourth-order valence-corrected chi connectivity index (χ4v) is 2.51. The number of nitrogens with zero attached hydrogens (tertiary/aromatic N) is 2. The first kappa shape index (κ1) is 17.4. The van der Waals surface area contributed by atoms with Gasteiger partial charge in [0.1, 0.15) is 17.4 Å². The minimum absolute atomic E-state index is 0.0870. The van der Waals surface area contributed by atoms with Crippen molar-refractivity contribution < 1.29 is 9.53 Å². The lowest BCUT2D eigenvalue weighted by Gasteiger charge is -2.23. The molecule has 0 aromatic carbocycles. The second-order valence-electron chi connectivity index (χ2n) is 7.18. The van der Waals surface area contributed by atoms with Gasteiger partial charge < -0.3 is 19.9 Å². The van der Waals surface area contributed by atoms with Crippen molar-refractivity contribution in [3.8, 4) is 6.07 Å². The van der Waals surface area contributed by atoms with E-state index in [-0.39, 0.29) is 12.1 Å². The maximum Gasteiger partial charge on any atom is 0.407 e. The van der Waals surface area contributed by atoms with Crippen LogP contribution in [0.5, 0.6) is 0 Å². The summed E-state index contributed by atoms with van der Waals surface area (Å²) in [5.74, 6) is 0.528. The van der Waals surface area contributed by atoms with Crippen molar-refractivity contribution in [1.29, 1.82) is 5.26 Å². The Kier molecular flexibility index (Phi) is 5.32. The van der Waals surface area contributed by atoms with Crippen molar-refractivity contribution in [2.24, 2.45) is 13.0 Å². The summed E-state index contributed by atoms with van der Waals surface area (Å²) in [6.07, 6.45) is 3.87. The molecule has 1 unspecified atom stereocenters.